The van der Waals surface area contributed by atoms with Gasteiger partial charge in [-0.1, -0.05) is 32.4 Å². The van der Waals surface area contributed by atoms with Crippen molar-refractivity contribution >= 4 is 23.6 Å². The zero-order valence-electron chi connectivity index (χ0n) is 12.3. The Labute approximate surface area is 128 Å². The quantitative estimate of drug-likeness (QED) is 0.724. The summed E-state index contributed by atoms with van der Waals surface area (Å²) in [7, 11) is 0. The van der Waals surface area contributed by atoms with Crippen LogP contribution in [-0.2, 0) is 9.59 Å². The Bertz CT molecular complexity index is 496. The Morgan fingerprint density at radius 1 is 1.38 bits per heavy atom. The van der Waals surface area contributed by atoms with Gasteiger partial charge in [0, 0.05) is 17.1 Å². The van der Waals surface area contributed by atoms with E-state index in [9.17, 15) is 14.0 Å². The molecule has 0 spiro atoms. The molecule has 4 nitrogen and oxygen atoms in total. The van der Waals surface area contributed by atoms with Crippen molar-refractivity contribution in [1.82, 2.24) is 5.32 Å². The highest BCUT2D eigenvalue weighted by molar-refractivity contribution is 7.99. The van der Waals surface area contributed by atoms with E-state index in [2.05, 4.69) is 5.32 Å². The smallest absolute Gasteiger partial charge is 0.240 e. The molecule has 0 heterocycles. The number of benzene rings is 1. The Kier molecular flexibility index (Phi) is 7.22. The topological polar surface area (TPSA) is 72.2 Å². The van der Waals surface area contributed by atoms with E-state index in [1.807, 2.05) is 13.8 Å². The molecule has 0 fully saturated rings. The zero-order valence-corrected chi connectivity index (χ0v) is 13.1. The van der Waals surface area contributed by atoms with Gasteiger partial charge >= 0.3 is 0 Å². The lowest BCUT2D eigenvalue weighted by atomic mass is 9.98. The SMILES string of the molecule is CCC(C)C(NC(=O)CCSc1ccccc1F)C(N)=O. The van der Waals surface area contributed by atoms with Crippen molar-refractivity contribution in [2.75, 3.05) is 5.75 Å². The summed E-state index contributed by atoms with van der Waals surface area (Å²) < 4.78 is 13.4. The minimum absolute atomic E-state index is 0.00864. The first-order valence-electron chi connectivity index (χ1n) is 6.91. The number of primary amides is 1. The highest BCUT2D eigenvalue weighted by atomic mass is 32.2. The molecule has 3 N–H and O–H groups in total. The highest BCUT2D eigenvalue weighted by Gasteiger charge is 2.23. The molecule has 2 unspecified atom stereocenters. The van der Waals surface area contributed by atoms with Crippen molar-refractivity contribution in [1.29, 1.82) is 0 Å². The molecule has 1 aromatic rings. The fourth-order valence-corrected chi connectivity index (χ4v) is 2.68. The van der Waals surface area contributed by atoms with E-state index in [0.29, 0.717) is 10.6 Å². The van der Waals surface area contributed by atoms with Gasteiger partial charge in [-0.05, 0) is 18.1 Å². The summed E-state index contributed by atoms with van der Waals surface area (Å²) in [6, 6.07) is 5.77. The van der Waals surface area contributed by atoms with Gasteiger partial charge in [-0.25, -0.2) is 4.39 Å². The number of amides is 2. The van der Waals surface area contributed by atoms with Crippen LogP contribution in [0.3, 0.4) is 0 Å². The maximum atomic E-state index is 13.4. The lowest BCUT2D eigenvalue weighted by molar-refractivity contribution is -0.128. The number of thioether (sulfide) groups is 1. The number of carbonyl (C=O) groups is 2. The van der Waals surface area contributed by atoms with E-state index in [1.54, 1.807) is 18.2 Å². The molecule has 0 bridgehead atoms. The number of halogens is 1. The minimum atomic E-state index is -0.652. The molecule has 0 aliphatic heterocycles. The molecular weight excluding hydrogens is 291 g/mol. The van der Waals surface area contributed by atoms with Crippen LogP contribution in [0.5, 0.6) is 0 Å². The van der Waals surface area contributed by atoms with Gasteiger partial charge in [-0.15, -0.1) is 11.8 Å². The van der Waals surface area contributed by atoms with Gasteiger partial charge in [-0.2, -0.15) is 0 Å². The third kappa shape index (κ3) is 5.75. The first-order chi connectivity index (χ1) is 9.95. The summed E-state index contributed by atoms with van der Waals surface area (Å²) in [4.78, 5) is 23.7. The van der Waals surface area contributed by atoms with Crippen LogP contribution in [0.4, 0.5) is 4.39 Å². The zero-order chi connectivity index (χ0) is 15.8. The maximum absolute atomic E-state index is 13.4. The first-order valence-corrected chi connectivity index (χ1v) is 7.90. The van der Waals surface area contributed by atoms with E-state index in [4.69, 9.17) is 5.73 Å². The predicted molar refractivity (Wildman–Crippen MR) is 82.3 cm³/mol. The highest BCUT2D eigenvalue weighted by Crippen LogP contribution is 2.21. The number of hydrogen-bond donors (Lipinski definition) is 2. The molecule has 0 aliphatic carbocycles. The molecular formula is C15H21FN2O2S. The molecule has 21 heavy (non-hydrogen) atoms. The van der Waals surface area contributed by atoms with Crippen LogP contribution in [0, 0.1) is 11.7 Å². The average Bonchev–Trinajstić information content (AvgIpc) is 2.45. The van der Waals surface area contributed by atoms with Crippen LogP contribution in [0.1, 0.15) is 26.7 Å². The lowest BCUT2D eigenvalue weighted by Gasteiger charge is -2.21. The fraction of sp³-hybridized carbons (Fsp3) is 0.467. The van der Waals surface area contributed by atoms with Crippen molar-refractivity contribution in [3.8, 4) is 0 Å². The van der Waals surface area contributed by atoms with Crippen molar-refractivity contribution in [3.05, 3.63) is 30.1 Å². The van der Waals surface area contributed by atoms with Crippen LogP contribution in [0.25, 0.3) is 0 Å². The second kappa shape index (κ2) is 8.67. The third-order valence-electron chi connectivity index (χ3n) is 3.26. The standard InChI is InChI=1S/C15H21FN2O2S/c1-3-10(2)14(15(17)20)18-13(19)8-9-21-12-7-5-4-6-11(12)16/h4-7,10,14H,3,8-9H2,1-2H3,(H2,17,20)(H,18,19). The molecule has 1 aromatic carbocycles. The number of rotatable bonds is 8. The number of nitrogens with one attached hydrogen (secondary N) is 1. The van der Waals surface area contributed by atoms with Gasteiger partial charge in [0.2, 0.25) is 11.8 Å². The van der Waals surface area contributed by atoms with E-state index < -0.39 is 11.9 Å². The second-order valence-corrected chi connectivity index (χ2v) is 6.00. The predicted octanol–water partition coefficient (Wildman–Crippen LogP) is 2.32. The molecule has 0 radical (unpaired) electrons. The summed E-state index contributed by atoms with van der Waals surface area (Å²) >= 11 is 1.27. The van der Waals surface area contributed by atoms with Crippen molar-refractivity contribution < 1.29 is 14.0 Å². The van der Waals surface area contributed by atoms with Gasteiger partial charge in [0.05, 0.1) is 0 Å². The summed E-state index contributed by atoms with van der Waals surface area (Å²) in [6.07, 6.45) is 0.955. The van der Waals surface area contributed by atoms with E-state index >= 15 is 0 Å². The van der Waals surface area contributed by atoms with Gasteiger partial charge in [0.1, 0.15) is 11.9 Å². The Hall–Kier alpha value is -1.56. The Morgan fingerprint density at radius 3 is 2.62 bits per heavy atom. The van der Waals surface area contributed by atoms with Gasteiger partial charge < -0.3 is 11.1 Å². The summed E-state index contributed by atoms with van der Waals surface area (Å²) in [5, 5.41) is 2.65. The normalized spacial score (nSPS) is 13.5. The Balaban J connectivity index is 2.43. The van der Waals surface area contributed by atoms with Crippen LogP contribution in [0.15, 0.2) is 29.2 Å². The first kappa shape index (κ1) is 17.5. The van der Waals surface area contributed by atoms with Crippen LogP contribution < -0.4 is 11.1 Å². The van der Waals surface area contributed by atoms with Gasteiger partial charge in [0.25, 0.3) is 0 Å². The molecule has 2 amide bonds. The summed E-state index contributed by atoms with van der Waals surface area (Å²) in [6.45, 7) is 3.80. The van der Waals surface area contributed by atoms with Crippen LogP contribution in [0.2, 0.25) is 0 Å². The number of nitrogens with two attached hydrogens (primary N) is 1. The van der Waals surface area contributed by atoms with Gasteiger partial charge in [-0.3, -0.25) is 9.59 Å². The molecule has 0 aliphatic rings. The maximum Gasteiger partial charge on any atom is 0.240 e. The minimum Gasteiger partial charge on any atom is -0.368 e. The molecule has 0 aromatic heterocycles. The molecule has 0 saturated carbocycles. The van der Waals surface area contributed by atoms with E-state index in [1.165, 1.54) is 17.8 Å². The second-order valence-electron chi connectivity index (χ2n) is 4.86. The van der Waals surface area contributed by atoms with E-state index in [-0.39, 0.29) is 24.1 Å². The van der Waals surface area contributed by atoms with Crippen molar-refractivity contribution in [2.24, 2.45) is 11.7 Å². The lowest BCUT2D eigenvalue weighted by Crippen LogP contribution is -2.48. The van der Waals surface area contributed by atoms with Gasteiger partial charge in [0.15, 0.2) is 0 Å². The monoisotopic (exact) mass is 312 g/mol. The number of hydrogen-bond acceptors (Lipinski definition) is 3. The van der Waals surface area contributed by atoms with Crippen molar-refractivity contribution in [3.63, 3.8) is 0 Å². The summed E-state index contributed by atoms with van der Waals surface area (Å²) in [5.74, 6) is -0.635. The third-order valence-corrected chi connectivity index (χ3v) is 4.31. The van der Waals surface area contributed by atoms with E-state index in [0.717, 1.165) is 6.42 Å². The van der Waals surface area contributed by atoms with Crippen LogP contribution >= 0.6 is 11.8 Å². The molecule has 1 rings (SSSR count). The fourth-order valence-electron chi connectivity index (χ4n) is 1.79. The Morgan fingerprint density at radius 2 is 2.05 bits per heavy atom. The molecule has 116 valence electrons. The van der Waals surface area contributed by atoms with Crippen LogP contribution in [-0.4, -0.2) is 23.6 Å². The number of carbonyl (C=O) groups excluding carboxylic acids is 2. The largest absolute Gasteiger partial charge is 0.368 e. The average molecular weight is 312 g/mol. The molecule has 2 atom stereocenters. The van der Waals surface area contributed by atoms with Crippen molar-refractivity contribution in [2.45, 2.75) is 37.6 Å². The summed E-state index contributed by atoms with van der Waals surface area (Å²) in [5.41, 5.74) is 5.29. The molecule has 0 saturated heterocycles. The molecule has 6 heteroatoms.